The number of carboxylic acid groups (broad SMARTS) is 1. The van der Waals surface area contributed by atoms with E-state index in [-0.39, 0.29) is 18.9 Å². The first kappa shape index (κ1) is 33.4. The molecule has 0 bridgehead atoms. The van der Waals surface area contributed by atoms with Crippen molar-refractivity contribution in [1.82, 2.24) is 0 Å². The summed E-state index contributed by atoms with van der Waals surface area (Å²) in [4.78, 5) is 25.3. The van der Waals surface area contributed by atoms with Gasteiger partial charge in [0.05, 0.1) is 6.61 Å². The lowest BCUT2D eigenvalue weighted by molar-refractivity contribution is -0.136. The second kappa shape index (κ2) is 21.9. The monoisotopic (exact) mass is 551 g/mol. The summed E-state index contributed by atoms with van der Waals surface area (Å²) in [6, 6.07) is 16.8. The van der Waals surface area contributed by atoms with Crippen molar-refractivity contribution < 1.29 is 19.4 Å². The Morgan fingerprint density at radius 1 is 0.675 bits per heavy atom. The summed E-state index contributed by atoms with van der Waals surface area (Å²) in [6.07, 6.45) is 22.6. The van der Waals surface area contributed by atoms with Crippen LogP contribution in [-0.2, 0) is 16.0 Å². The minimum absolute atomic E-state index is 0.197. The topological polar surface area (TPSA) is 66.8 Å². The first-order valence-corrected chi connectivity index (χ1v) is 15.9. The van der Waals surface area contributed by atoms with Gasteiger partial charge in [-0.05, 0) is 42.7 Å². The number of hydrogen-bond acceptors (Lipinski definition) is 3. The van der Waals surface area contributed by atoms with Gasteiger partial charge in [-0.1, -0.05) is 134 Å². The van der Waals surface area contributed by atoms with Gasteiger partial charge in [-0.25, -0.2) is 0 Å². The quantitative estimate of drug-likeness (QED) is 0.132. The van der Waals surface area contributed by atoms with Gasteiger partial charge in [0.25, 0.3) is 0 Å². The molecule has 0 heterocycles. The molecule has 2 aromatic rings. The van der Waals surface area contributed by atoms with Crippen LogP contribution in [0.2, 0.25) is 0 Å². The summed E-state index contributed by atoms with van der Waals surface area (Å²) in [5, 5.41) is 9.22. The number of rotatable bonds is 24. The number of aliphatic carboxylic acids is 1. The summed E-state index contributed by atoms with van der Waals surface area (Å²) in [6.45, 7) is 2.67. The van der Waals surface area contributed by atoms with Crippen LogP contribution in [0.25, 0.3) is 0 Å². The van der Waals surface area contributed by atoms with E-state index < -0.39 is 5.97 Å². The maximum absolute atomic E-state index is 12.7. The molecule has 1 amide bonds. The number of amides is 1. The van der Waals surface area contributed by atoms with Crippen LogP contribution in [0, 0.1) is 0 Å². The fourth-order valence-corrected chi connectivity index (χ4v) is 5.05. The molecule has 0 atom stereocenters. The number of anilines is 1. The standard InChI is InChI=1S/C35H53NO4/c1-2-3-4-5-6-7-8-9-10-11-12-13-14-15-16-20-29-40-33-26-23-31(24-27-33)25-28-34(37)36(30-35(38)39)32-21-18-17-19-22-32/h17-19,21-24,26-27H,2-16,20,25,28-30H2,1H3,(H,38,39). The Bertz CT molecular complexity index is 913. The Hall–Kier alpha value is -2.82. The van der Waals surface area contributed by atoms with Gasteiger partial charge in [-0.2, -0.15) is 0 Å². The number of ether oxygens (including phenoxy) is 1. The summed E-state index contributed by atoms with van der Waals surface area (Å²) >= 11 is 0. The highest BCUT2D eigenvalue weighted by Gasteiger charge is 2.18. The summed E-state index contributed by atoms with van der Waals surface area (Å²) in [7, 11) is 0. The molecule has 0 aliphatic rings. The molecule has 222 valence electrons. The Labute approximate surface area is 243 Å². The van der Waals surface area contributed by atoms with Gasteiger partial charge in [0, 0.05) is 12.1 Å². The second-order valence-electron chi connectivity index (χ2n) is 11.0. The summed E-state index contributed by atoms with van der Waals surface area (Å²) < 4.78 is 5.91. The van der Waals surface area contributed by atoms with Gasteiger partial charge in [0.2, 0.25) is 5.91 Å². The van der Waals surface area contributed by atoms with Crippen LogP contribution in [0.4, 0.5) is 5.69 Å². The number of carbonyl (C=O) groups excluding carboxylic acids is 1. The first-order valence-electron chi connectivity index (χ1n) is 15.9. The molecule has 2 rings (SSSR count). The van der Waals surface area contributed by atoms with Gasteiger partial charge >= 0.3 is 5.97 Å². The predicted octanol–water partition coefficient (Wildman–Crippen LogP) is 9.38. The maximum Gasteiger partial charge on any atom is 0.323 e. The Morgan fingerprint density at radius 2 is 1.18 bits per heavy atom. The lowest BCUT2D eigenvalue weighted by Gasteiger charge is -2.21. The minimum atomic E-state index is -1.02. The highest BCUT2D eigenvalue weighted by atomic mass is 16.5. The molecule has 5 heteroatoms. The van der Waals surface area contributed by atoms with Crippen LogP contribution in [0.1, 0.15) is 122 Å². The van der Waals surface area contributed by atoms with E-state index in [1.54, 1.807) is 24.3 Å². The lowest BCUT2D eigenvalue weighted by atomic mass is 10.0. The van der Waals surface area contributed by atoms with E-state index in [9.17, 15) is 14.7 Å². The van der Waals surface area contributed by atoms with E-state index in [2.05, 4.69) is 6.92 Å². The van der Waals surface area contributed by atoms with Gasteiger partial charge in [-0.15, -0.1) is 0 Å². The molecule has 0 radical (unpaired) electrons. The number of unbranched alkanes of at least 4 members (excludes halogenated alkanes) is 15. The zero-order valence-electron chi connectivity index (χ0n) is 25.0. The lowest BCUT2D eigenvalue weighted by Crippen LogP contribution is -2.35. The smallest absolute Gasteiger partial charge is 0.323 e. The number of para-hydroxylation sites is 1. The molecule has 0 fully saturated rings. The number of aryl methyl sites for hydroxylation is 1. The Kier molecular flexibility index (Phi) is 18.3. The van der Waals surface area contributed by atoms with Gasteiger partial charge < -0.3 is 14.7 Å². The molecule has 0 saturated carbocycles. The van der Waals surface area contributed by atoms with Crippen molar-refractivity contribution in [2.45, 2.75) is 122 Å². The molecule has 2 aromatic carbocycles. The SMILES string of the molecule is CCCCCCCCCCCCCCCCCCOc1ccc(CCC(=O)N(CC(=O)O)c2ccccc2)cc1. The number of carbonyl (C=O) groups is 2. The van der Waals surface area contributed by atoms with E-state index in [4.69, 9.17) is 4.74 Å². The Balaban J connectivity index is 1.48. The van der Waals surface area contributed by atoms with Crippen LogP contribution >= 0.6 is 0 Å². The normalized spacial score (nSPS) is 10.9. The summed E-state index contributed by atoms with van der Waals surface area (Å²) in [5.41, 5.74) is 1.64. The number of carboxylic acids is 1. The van der Waals surface area contributed by atoms with Crippen LogP contribution in [0.15, 0.2) is 54.6 Å². The van der Waals surface area contributed by atoms with Crippen molar-refractivity contribution in [1.29, 1.82) is 0 Å². The molecule has 0 aliphatic carbocycles. The highest BCUT2D eigenvalue weighted by molar-refractivity contribution is 5.97. The largest absolute Gasteiger partial charge is 0.494 e. The van der Waals surface area contributed by atoms with Crippen molar-refractivity contribution in [3.63, 3.8) is 0 Å². The second-order valence-corrected chi connectivity index (χ2v) is 11.0. The average Bonchev–Trinajstić information content (AvgIpc) is 2.97. The van der Waals surface area contributed by atoms with Gasteiger partial charge in [0.1, 0.15) is 12.3 Å². The zero-order valence-corrected chi connectivity index (χ0v) is 25.0. The molecule has 1 N–H and O–H groups in total. The van der Waals surface area contributed by atoms with E-state index in [1.165, 1.54) is 101 Å². The van der Waals surface area contributed by atoms with Crippen molar-refractivity contribution in [2.75, 3.05) is 18.1 Å². The predicted molar refractivity (Wildman–Crippen MR) is 166 cm³/mol. The van der Waals surface area contributed by atoms with Crippen molar-refractivity contribution in [2.24, 2.45) is 0 Å². The number of nitrogens with zero attached hydrogens (tertiary/aromatic N) is 1. The molecular formula is C35H53NO4. The first-order chi connectivity index (χ1) is 19.6. The fraction of sp³-hybridized carbons (Fsp3) is 0.600. The number of benzene rings is 2. The third-order valence-electron chi connectivity index (χ3n) is 7.48. The minimum Gasteiger partial charge on any atom is -0.494 e. The van der Waals surface area contributed by atoms with Gasteiger partial charge in [-0.3, -0.25) is 9.59 Å². The molecule has 40 heavy (non-hydrogen) atoms. The highest BCUT2D eigenvalue weighted by Crippen LogP contribution is 2.18. The van der Waals surface area contributed by atoms with E-state index >= 15 is 0 Å². The van der Waals surface area contributed by atoms with Crippen molar-refractivity contribution in [3.8, 4) is 5.75 Å². The number of hydrogen-bond donors (Lipinski definition) is 1. The van der Waals surface area contributed by atoms with Crippen molar-refractivity contribution >= 4 is 17.6 Å². The van der Waals surface area contributed by atoms with Gasteiger partial charge in [0.15, 0.2) is 0 Å². The fourth-order valence-electron chi connectivity index (χ4n) is 5.05. The molecular weight excluding hydrogens is 498 g/mol. The molecule has 0 aliphatic heterocycles. The maximum atomic E-state index is 12.7. The molecule has 5 nitrogen and oxygen atoms in total. The van der Waals surface area contributed by atoms with Crippen LogP contribution in [0.3, 0.4) is 0 Å². The van der Waals surface area contributed by atoms with Crippen LogP contribution in [0.5, 0.6) is 5.75 Å². The van der Waals surface area contributed by atoms with Crippen molar-refractivity contribution in [3.05, 3.63) is 60.2 Å². The van der Waals surface area contributed by atoms with E-state index in [0.717, 1.165) is 24.3 Å². The third kappa shape index (κ3) is 15.7. The molecule has 0 aromatic heterocycles. The summed E-state index contributed by atoms with van der Waals surface area (Å²) in [5.74, 6) is -0.367. The third-order valence-corrected chi connectivity index (χ3v) is 7.48. The van der Waals surface area contributed by atoms with Crippen LogP contribution in [-0.4, -0.2) is 30.1 Å². The molecule has 0 saturated heterocycles. The van der Waals surface area contributed by atoms with Crippen LogP contribution < -0.4 is 9.64 Å². The van der Waals surface area contributed by atoms with E-state index in [0.29, 0.717) is 12.1 Å². The Morgan fingerprint density at radius 3 is 1.68 bits per heavy atom. The average molecular weight is 552 g/mol. The van der Waals surface area contributed by atoms with E-state index in [1.807, 2.05) is 30.3 Å². The molecule has 0 spiro atoms. The molecule has 0 unspecified atom stereocenters. The zero-order chi connectivity index (χ0) is 28.7.